The van der Waals surface area contributed by atoms with Crippen LogP contribution in [0.5, 0.6) is 5.75 Å². The number of rotatable bonds is 6. The smallest absolute Gasteiger partial charge is 0.267 e. The average Bonchev–Trinajstić information content (AvgIpc) is 2.73. The predicted molar refractivity (Wildman–Crippen MR) is 103 cm³/mol. The fourth-order valence-electron chi connectivity index (χ4n) is 2.75. The Labute approximate surface area is 165 Å². The first-order valence-electron chi connectivity index (χ1n) is 8.85. The third-order valence-corrected chi connectivity index (χ3v) is 4.46. The van der Waals surface area contributed by atoms with Crippen LogP contribution in [0.1, 0.15) is 18.5 Å². The van der Waals surface area contributed by atoms with Gasteiger partial charge >= 0.3 is 0 Å². The van der Waals surface area contributed by atoms with Crippen LogP contribution >= 0.6 is 0 Å². The topological polar surface area (TPSA) is 73.2 Å². The van der Waals surface area contributed by atoms with Crippen molar-refractivity contribution in [1.82, 2.24) is 15.1 Å². The van der Waals surface area contributed by atoms with Crippen molar-refractivity contribution in [3.05, 3.63) is 82.1 Å². The molecule has 1 N–H and O–H groups in total. The van der Waals surface area contributed by atoms with Gasteiger partial charge in [0.05, 0.1) is 12.8 Å². The number of carbonyl (C=O) groups excluding carboxylic acids is 1. The Morgan fingerprint density at radius 3 is 2.38 bits per heavy atom. The fraction of sp³-hybridized carbons (Fsp3) is 0.190. The van der Waals surface area contributed by atoms with E-state index < -0.39 is 29.1 Å². The second-order valence-corrected chi connectivity index (χ2v) is 6.32. The number of nitrogens with zero attached hydrogens (tertiary/aromatic N) is 2. The van der Waals surface area contributed by atoms with Crippen LogP contribution in [-0.4, -0.2) is 22.8 Å². The van der Waals surface area contributed by atoms with Gasteiger partial charge in [0.2, 0.25) is 5.91 Å². The molecule has 1 aromatic heterocycles. The van der Waals surface area contributed by atoms with Crippen molar-refractivity contribution in [3.63, 3.8) is 0 Å². The van der Waals surface area contributed by atoms with Gasteiger partial charge in [-0.25, -0.2) is 13.5 Å². The average molecular weight is 399 g/mol. The minimum absolute atomic E-state index is 0.250. The lowest BCUT2D eigenvalue weighted by Crippen LogP contribution is -2.37. The van der Waals surface area contributed by atoms with Gasteiger partial charge in [0.1, 0.15) is 23.4 Å². The standard InChI is InChI=1S/C21H19F2N3O3/c1-13(21(28)24-12-16-17(22)4-3-5-18(16)23)26-20(27)11-10-19(25-26)14-6-8-15(29-2)9-7-14/h3-11,13H,12H2,1-2H3,(H,24,28). The van der Waals surface area contributed by atoms with Crippen molar-refractivity contribution in [3.8, 4) is 17.0 Å². The second-order valence-electron chi connectivity index (χ2n) is 6.32. The zero-order chi connectivity index (χ0) is 21.0. The Hall–Kier alpha value is -3.55. The summed E-state index contributed by atoms with van der Waals surface area (Å²) in [5, 5.41) is 6.71. The molecule has 150 valence electrons. The van der Waals surface area contributed by atoms with Crippen LogP contribution in [-0.2, 0) is 11.3 Å². The van der Waals surface area contributed by atoms with Crippen molar-refractivity contribution >= 4 is 5.91 Å². The van der Waals surface area contributed by atoms with Gasteiger partial charge in [-0.15, -0.1) is 0 Å². The van der Waals surface area contributed by atoms with E-state index in [0.29, 0.717) is 11.4 Å². The highest BCUT2D eigenvalue weighted by atomic mass is 19.1. The molecule has 1 unspecified atom stereocenters. The lowest BCUT2D eigenvalue weighted by Gasteiger charge is -2.15. The number of amides is 1. The monoisotopic (exact) mass is 399 g/mol. The molecular formula is C21H19F2N3O3. The predicted octanol–water partition coefficient (Wildman–Crippen LogP) is 3.07. The molecule has 0 saturated carbocycles. The SMILES string of the molecule is COc1ccc(-c2ccc(=O)n(C(C)C(=O)NCc3c(F)cccc3F)n2)cc1. The largest absolute Gasteiger partial charge is 0.497 e. The van der Waals surface area contributed by atoms with Gasteiger partial charge in [0, 0.05) is 23.7 Å². The molecule has 1 amide bonds. The van der Waals surface area contributed by atoms with Crippen molar-refractivity contribution in [2.24, 2.45) is 0 Å². The molecule has 1 heterocycles. The number of halogens is 2. The first-order valence-corrected chi connectivity index (χ1v) is 8.85. The molecular weight excluding hydrogens is 380 g/mol. The van der Waals surface area contributed by atoms with Crippen LogP contribution in [0.4, 0.5) is 8.78 Å². The maximum Gasteiger partial charge on any atom is 0.267 e. The molecule has 0 aliphatic carbocycles. The molecule has 0 fully saturated rings. The Kier molecular flexibility index (Phi) is 6.01. The maximum absolute atomic E-state index is 13.7. The highest BCUT2D eigenvalue weighted by molar-refractivity contribution is 5.79. The van der Waals surface area contributed by atoms with Gasteiger partial charge in [-0.05, 0) is 49.4 Å². The number of benzene rings is 2. The molecule has 2 aromatic carbocycles. The molecule has 3 aromatic rings. The van der Waals surface area contributed by atoms with E-state index >= 15 is 0 Å². The zero-order valence-corrected chi connectivity index (χ0v) is 15.9. The van der Waals surface area contributed by atoms with Crippen LogP contribution in [0.15, 0.2) is 59.4 Å². The summed E-state index contributed by atoms with van der Waals surface area (Å²) in [5.41, 5.74) is 0.509. The van der Waals surface area contributed by atoms with E-state index in [1.165, 1.54) is 19.1 Å². The molecule has 0 saturated heterocycles. The molecule has 8 heteroatoms. The van der Waals surface area contributed by atoms with Crippen molar-refractivity contribution in [2.45, 2.75) is 19.5 Å². The van der Waals surface area contributed by atoms with E-state index in [1.807, 2.05) is 0 Å². The van der Waals surface area contributed by atoms with E-state index in [1.54, 1.807) is 37.4 Å². The quantitative estimate of drug-likeness (QED) is 0.692. The summed E-state index contributed by atoms with van der Waals surface area (Å²) >= 11 is 0. The summed E-state index contributed by atoms with van der Waals surface area (Å²) in [6, 6.07) is 12.4. The Morgan fingerprint density at radius 1 is 1.10 bits per heavy atom. The minimum atomic E-state index is -0.976. The normalized spacial score (nSPS) is 11.7. The summed E-state index contributed by atoms with van der Waals surface area (Å²) in [4.78, 5) is 24.7. The molecule has 0 aliphatic rings. The number of ether oxygens (including phenoxy) is 1. The second kappa shape index (κ2) is 8.64. The van der Waals surface area contributed by atoms with E-state index in [0.717, 1.165) is 22.4 Å². The summed E-state index contributed by atoms with van der Waals surface area (Å²) in [6.07, 6.45) is 0. The first kappa shape index (κ1) is 20.2. The number of aromatic nitrogens is 2. The number of carbonyl (C=O) groups is 1. The van der Waals surface area contributed by atoms with Crippen LogP contribution in [0.25, 0.3) is 11.3 Å². The fourth-order valence-corrected chi connectivity index (χ4v) is 2.75. The van der Waals surface area contributed by atoms with Gasteiger partial charge < -0.3 is 10.1 Å². The molecule has 3 rings (SSSR count). The zero-order valence-electron chi connectivity index (χ0n) is 15.9. The van der Waals surface area contributed by atoms with Gasteiger partial charge in [-0.3, -0.25) is 9.59 Å². The highest BCUT2D eigenvalue weighted by Crippen LogP contribution is 2.20. The van der Waals surface area contributed by atoms with E-state index in [4.69, 9.17) is 4.74 Å². The lowest BCUT2D eigenvalue weighted by molar-refractivity contribution is -0.124. The highest BCUT2D eigenvalue weighted by Gasteiger charge is 2.19. The van der Waals surface area contributed by atoms with Crippen molar-refractivity contribution < 1.29 is 18.3 Å². The third-order valence-electron chi connectivity index (χ3n) is 4.46. The van der Waals surface area contributed by atoms with E-state index in [2.05, 4.69) is 10.4 Å². The van der Waals surface area contributed by atoms with Crippen LogP contribution in [0.2, 0.25) is 0 Å². The number of hydrogen-bond donors (Lipinski definition) is 1. The number of methoxy groups -OCH3 is 1. The number of nitrogens with one attached hydrogen (secondary N) is 1. The molecule has 0 spiro atoms. The molecule has 29 heavy (non-hydrogen) atoms. The maximum atomic E-state index is 13.7. The summed E-state index contributed by atoms with van der Waals surface area (Å²) in [7, 11) is 1.56. The lowest BCUT2D eigenvalue weighted by atomic mass is 10.1. The van der Waals surface area contributed by atoms with Crippen molar-refractivity contribution in [1.29, 1.82) is 0 Å². The molecule has 1 atom stereocenters. The van der Waals surface area contributed by atoms with Crippen LogP contribution < -0.4 is 15.6 Å². The summed E-state index contributed by atoms with van der Waals surface area (Å²) in [6.45, 7) is 1.15. The van der Waals surface area contributed by atoms with Gasteiger partial charge in [0.15, 0.2) is 0 Å². The Bertz CT molecular complexity index is 1060. The molecule has 0 aliphatic heterocycles. The number of hydrogen-bond acceptors (Lipinski definition) is 4. The molecule has 0 radical (unpaired) electrons. The van der Waals surface area contributed by atoms with Crippen molar-refractivity contribution in [2.75, 3.05) is 7.11 Å². The summed E-state index contributed by atoms with van der Waals surface area (Å²) in [5.74, 6) is -1.42. The summed E-state index contributed by atoms with van der Waals surface area (Å²) < 4.78 is 33.6. The Morgan fingerprint density at radius 2 is 1.76 bits per heavy atom. The van der Waals surface area contributed by atoms with Gasteiger partial charge in [-0.2, -0.15) is 5.10 Å². The van der Waals surface area contributed by atoms with E-state index in [-0.39, 0.29) is 12.1 Å². The molecule has 6 nitrogen and oxygen atoms in total. The first-order chi connectivity index (χ1) is 13.9. The third kappa shape index (κ3) is 4.48. The van der Waals surface area contributed by atoms with Crippen LogP contribution in [0.3, 0.4) is 0 Å². The van der Waals surface area contributed by atoms with Crippen LogP contribution in [0, 0.1) is 11.6 Å². The van der Waals surface area contributed by atoms with Gasteiger partial charge in [0.25, 0.3) is 5.56 Å². The molecule has 0 bridgehead atoms. The Balaban J connectivity index is 1.79. The minimum Gasteiger partial charge on any atom is -0.497 e. The van der Waals surface area contributed by atoms with E-state index in [9.17, 15) is 18.4 Å². The van der Waals surface area contributed by atoms with Gasteiger partial charge in [-0.1, -0.05) is 6.07 Å².